The van der Waals surface area contributed by atoms with E-state index in [9.17, 15) is 14.4 Å². The van der Waals surface area contributed by atoms with Crippen LogP contribution in [0.2, 0.25) is 0 Å². The lowest BCUT2D eigenvalue weighted by molar-refractivity contribution is -0.181. The maximum Gasteiger partial charge on any atom is 0.351 e. The molecule has 0 bridgehead atoms. The van der Waals surface area contributed by atoms with Crippen LogP contribution in [0.5, 0.6) is 11.5 Å². The molecule has 0 radical (unpaired) electrons. The second kappa shape index (κ2) is 24.5. The van der Waals surface area contributed by atoms with E-state index in [1.165, 1.54) is 16.8 Å². The standard InChI is InChI=1S/C53H59N4O12P/c1-36(2)57(37(3)4)70(63-7)67-33-45-47(69-53(40-21-15-10-16-22-40,41-23-27-43(61-5)28-24-41)42-25-29-44(62-6)30-26-42)48(65-34-64-35-66-51(59)39-19-13-9-14-20-39)50(68-45)56-32-31-46(55-52(56)60)54-49(58)38-17-11-8-12-18-38/h8-32,36-37,45,47-48,50H,33-35H2,1-7H3,(H,54,55,58,60)/t45-,47-,48-,50-,70?/m1/s1. The summed E-state index contributed by atoms with van der Waals surface area (Å²) in [5.41, 5.74) is 0.763. The van der Waals surface area contributed by atoms with Gasteiger partial charge in [0.05, 0.1) is 26.4 Å². The molecule has 1 aliphatic heterocycles. The van der Waals surface area contributed by atoms with E-state index < -0.39 is 69.8 Å². The summed E-state index contributed by atoms with van der Waals surface area (Å²) < 4.78 is 59.9. The molecule has 368 valence electrons. The molecule has 16 nitrogen and oxygen atoms in total. The number of carbonyl (C=O) groups is 2. The summed E-state index contributed by atoms with van der Waals surface area (Å²) in [6.45, 7) is 7.29. The van der Waals surface area contributed by atoms with Crippen LogP contribution in [0.15, 0.2) is 157 Å². The Labute approximate surface area is 409 Å². The quantitative estimate of drug-likeness (QED) is 0.0212. The van der Waals surface area contributed by atoms with Gasteiger partial charge in [0.25, 0.3) is 14.4 Å². The molecule has 7 rings (SSSR count). The number of methoxy groups -OCH3 is 2. The van der Waals surface area contributed by atoms with Crippen molar-refractivity contribution in [1.82, 2.24) is 14.2 Å². The van der Waals surface area contributed by atoms with Gasteiger partial charge >= 0.3 is 11.7 Å². The molecule has 1 amide bonds. The van der Waals surface area contributed by atoms with Gasteiger partial charge in [0.1, 0.15) is 41.2 Å². The first-order valence-electron chi connectivity index (χ1n) is 22.8. The molecule has 70 heavy (non-hydrogen) atoms. The summed E-state index contributed by atoms with van der Waals surface area (Å²) in [6, 6.07) is 43.6. The molecule has 1 N–H and O–H groups in total. The van der Waals surface area contributed by atoms with Gasteiger partial charge in [-0.25, -0.2) is 14.3 Å². The summed E-state index contributed by atoms with van der Waals surface area (Å²) in [4.78, 5) is 44.5. The predicted octanol–water partition coefficient (Wildman–Crippen LogP) is 8.97. The molecule has 0 aliphatic carbocycles. The van der Waals surface area contributed by atoms with Crippen molar-refractivity contribution >= 4 is 26.2 Å². The number of anilines is 1. The molecule has 17 heteroatoms. The van der Waals surface area contributed by atoms with Crippen molar-refractivity contribution < 1.29 is 51.8 Å². The Bertz CT molecular complexity index is 2590. The molecule has 1 aliphatic rings. The third-order valence-electron chi connectivity index (χ3n) is 11.5. The van der Waals surface area contributed by atoms with Crippen molar-refractivity contribution in [3.63, 3.8) is 0 Å². The van der Waals surface area contributed by atoms with Crippen LogP contribution in [-0.4, -0.2) is 98.0 Å². The molecule has 5 atom stereocenters. The van der Waals surface area contributed by atoms with Crippen molar-refractivity contribution in [3.05, 3.63) is 190 Å². The summed E-state index contributed by atoms with van der Waals surface area (Å²) in [7, 11) is 3.16. The van der Waals surface area contributed by atoms with Gasteiger partial charge in [0, 0.05) is 31.0 Å². The molecule has 1 saturated heterocycles. The van der Waals surface area contributed by atoms with E-state index in [1.54, 1.807) is 82.0 Å². The number of esters is 1. The first-order chi connectivity index (χ1) is 34.0. The fourth-order valence-electron chi connectivity index (χ4n) is 8.31. The molecular weight excluding hydrogens is 916 g/mol. The largest absolute Gasteiger partial charge is 0.497 e. The number of rotatable bonds is 23. The minimum absolute atomic E-state index is 0.0251. The van der Waals surface area contributed by atoms with Crippen LogP contribution in [0, 0.1) is 0 Å². The minimum atomic E-state index is -1.64. The molecule has 1 unspecified atom stereocenters. The molecule has 0 spiro atoms. The van der Waals surface area contributed by atoms with E-state index in [0.717, 1.165) is 16.7 Å². The molecule has 1 aromatic heterocycles. The van der Waals surface area contributed by atoms with Crippen LogP contribution < -0.4 is 20.5 Å². The zero-order chi connectivity index (χ0) is 49.6. The second-order valence-corrected chi connectivity index (χ2v) is 18.2. The Morgan fingerprint density at radius 1 is 0.714 bits per heavy atom. The fourth-order valence-corrected chi connectivity index (χ4v) is 9.77. The van der Waals surface area contributed by atoms with E-state index >= 15 is 0 Å². The topological polar surface area (TPSA) is 167 Å². The highest BCUT2D eigenvalue weighted by Gasteiger charge is 2.53. The van der Waals surface area contributed by atoms with Crippen LogP contribution >= 0.6 is 8.53 Å². The number of aromatic nitrogens is 2. The number of ether oxygens (including phenoxy) is 7. The van der Waals surface area contributed by atoms with Gasteiger partial charge in [-0.15, -0.1) is 0 Å². The van der Waals surface area contributed by atoms with E-state index in [-0.39, 0.29) is 24.5 Å². The van der Waals surface area contributed by atoms with Gasteiger partial charge in [0.2, 0.25) is 0 Å². The molecule has 2 heterocycles. The SMILES string of the molecule is COc1ccc(C(O[C@H]2[C@@H](OCOCOC(=O)c3ccccc3)[C@H](n3ccc(NC(=O)c4ccccc4)nc3=O)O[C@@H]2COP(OC)N(C(C)C)C(C)C)(c2ccccc2)c2ccc(OC)cc2)cc1. The van der Waals surface area contributed by atoms with E-state index in [2.05, 4.69) is 42.7 Å². The summed E-state index contributed by atoms with van der Waals surface area (Å²) in [5.74, 6) is 0.254. The fraction of sp³-hybridized carbons (Fsp3) is 0.321. The average Bonchev–Trinajstić information content (AvgIpc) is 3.72. The van der Waals surface area contributed by atoms with Gasteiger partial charge in [-0.1, -0.05) is 91.0 Å². The summed E-state index contributed by atoms with van der Waals surface area (Å²) >= 11 is 0. The van der Waals surface area contributed by atoms with Gasteiger partial charge in [-0.3, -0.25) is 9.36 Å². The first-order valence-corrected chi connectivity index (χ1v) is 23.9. The van der Waals surface area contributed by atoms with Crippen LogP contribution in [0.1, 0.15) is 71.3 Å². The molecule has 1 fully saturated rings. The predicted molar refractivity (Wildman–Crippen MR) is 264 cm³/mol. The van der Waals surface area contributed by atoms with Crippen molar-refractivity contribution in [3.8, 4) is 11.5 Å². The van der Waals surface area contributed by atoms with Gasteiger partial charge in [0.15, 0.2) is 19.8 Å². The number of hydrogen-bond donors (Lipinski definition) is 1. The summed E-state index contributed by atoms with van der Waals surface area (Å²) in [5, 5.41) is 2.71. The van der Waals surface area contributed by atoms with Crippen LogP contribution in [0.4, 0.5) is 5.82 Å². The third kappa shape index (κ3) is 12.2. The Kier molecular flexibility index (Phi) is 18.0. The monoisotopic (exact) mass is 974 g/mol. The zero-order valence-corrected chi connectivity index (χ0v) is 41.1. The maximum atomic E-state index is 14.3. The highest BCUT2D eigenvalue weighted by Crippen LogP contribution is 2.49. The number of carbonyl (C=O) groups excluding carboxylic acids is 2. The van der Waals surface area contributed by atoms with Gasteiger partial charge < -0.3 is 47.5 Å². The average molecular weight is 975 g/mol. The molecule has 6 aromatic rings. The Morgan fingerprint density at radius 2 is 1.26 bits per heavy atom. The molecular formula is C53H59N4O12P. The highest BCUT2D eigenvalue weighted by molar-refractivity contribution is 7.44. The van der Waals surface area contributed by atoms with Crippen molar-refractivity contribution in [2.75, 3.05) is 46.8 Å². The number of nitrogens with zero attached hydrogens (tertiary/aromatic N) is 3. The maximum absolute atomic E-state index is 14.3. The minimum Gasteiger partial charge on any atom is -0.497 e. The number of benzene rings is 5. The summed E-state index contributed by atoms with van der Waals surface area (Å²) in [6.07, 6.45) is -2.94. The normalized spacial score (nSPS) is 17.4. The van der Waals surface area contributed by atoms with Crippen LogP contribution in [-0.2, 0) is 38.3 Å². The van der Waals surface area contributed by atoms with Gasteiger partial charge in [-0.2, -0.15) is 4.98 Å². The van der Waals surface area contributed by atoms with E-state index in [0.29, 0.717) is 22.6 Å². The number of hydrogen-bond acceptors (Lipinski definition) is 14. The van der Waals surface area contributed by atoms with Crippen molar-refractivity contribution in [2.24, 2.45) is 0 Å². The highest BCUT2D eigenvalue weighted by atomic mass is 31.2. The van der Waals surface area contributed by atoms with Crippen molar-refractivity contribution in [2.45, 2.75) is 69.9 Å². The van der Waals surface area contributed by atoms with Crippen molar-refractivity contribution in [1.29, 1.82) is 0 Å². The number of amides is 1. The third-order valence-corrected chi connectivity index (χ3v) is 13.5. The van der Waals surface area contributed by atoms with Crippen LogP contribution in [0.25, 0.3) is 0 Å². The van der Waals surface area contributed by atoms with E-state index in [1.807, 2.05) is 78.9 Å². The lowest BCUT2D eigenvalue weighted by Gasteiger charge is -2.40. The smallest absolute Gasteiger partial charge is 0.351 e. The van der Waals surface area contributed by atoms with Gasteiger partial charge in [-0.05, 0) is 99.0 Å². The Hall–Kier alpha value is -6.33. The van der Waals surface area contributed by atoms with Crippen LogP contribution in [0.3, 0.4) is 0 Å². The number of nitrogens with one attached hydrogen (secondary N) is 1. The second-order valence-electron chi connectivity index (χ2n) is 16.6. The lowest BCUT2D eigenvalue weighted by Crippen LogP contribution is -2.47. The Balaban J connectivity index is 1.34. The first kappa shape index (κ1) is 51.5. The van der Waals surface area contributed by atoms with E-state index in [4.69, 9.17) is 42.2 Å². The lowest BCUT2D eigenvalue weighted by atomic mass is 9.79. The molecule has 0 saturated carbocycles. The zero-order valence-electron chi connectivity index (χ0n) is 40.2. The molecule has 5 aromatic carbocycles. The Morgan fingerprint density at radius 3 is 1.79 bits per heavy atom.